The van der Waals surface area contributed by atoms with E-state index in [1.807, 2.05) is 53.3 Å². The minimum atomic E-state index is -0.107. The number of carbonyl (C=O) groups excluding carboxylic acids is 1. The fourth-order valence-electron chi connectivity index (χ4n) is 5.74. The molecule has 1 aliphatic rings. The van der Waals surface area contributed by atoms with Crippen LogP contribution in [-0.4, -0.2) is 20.9 Å². The lowest BCUT2D eigenvalue weighted by atomic mass is 9.96. The first kappa shape index (κ1) is 28.0. The van der Waals surface area contributed by atoms with Gasteiger partial charge in [-0.15, -0.1) is 16.4 Å². The van der Waals surface area contributed by atoms with Crippen molar-refractivity contribution in [1.29, 1.82) is 5.26 Å². The van der Waals surface area contributed by atoms with E-state index in [-0.39, 0.29) is 12.5 Å². The fraction of sp³-hybridized carbons (Fsp3) is 0.455. The van der Waals surface area contributed by atoms with Crippen LogP contribution in [0.25, 0.3) is 10.8 Å². The van der Waals surface area contributed by atoms with Gasteiger partial charge in [0.05, 0.1) is 18.3 Å². The van der Waals surface area contributed by atoms with Crippen molar-refractivity contribution in [2.24, 2.45) is 0 Å². The number of amides is 1. The van der Waals surface area contributed by atoms with Crippen LogP contribution in [0.2, 0.25) is 0 Å². The molecule has 40 heavy (non-hydrogen) atoms. The van der Waals surface area contributed by atoms with Gasteiger partial charge in [0.2, 0.25) is 0 Å². The molecule has 0 fully saturated rings. The monoisotopic (exact) mass is 553 g/mol. The number of nitrogens with zero attached hydrogens (tertiary/aromatic N) is 5. The normalized spacial score (nSPS) is 12.8. The van der Waals surface area contributed by atoms with E-state index in [0.717, 1.165) is 65.7 Å². The maximum atomic E-state index is 14.3. The van der Waals surface area contributed by atoms with Crippen LogP contribution < -0.4 is 4.90 Å². The van der Waals surface area contributed by atoms with Gasteiger partial charge >= 0.3 is 0 Å². The largest absolute Gasteiger partial charge is 0.292 e. The molecule has 0 N–H and O–H groups in total. The number of aromatic nitrogens is 3. The first-order valence-electron chi connectivity index (χ1n) is 14.9. The first-order valence-corrected chi connectivity index (χ1v) is 15.7. The third-order valence-corrected chi connectivity index (χ3v) is 9.24. The average molecular weight is 554 g/mol. The standard InChI is InChI=1S/C33H39N5OS/c1-2-3-4-5-6-7-8-13-21-37-23-26(35-36-37)24-38(33-30(22-34)28-18-11-12-20-31(28)40-33)32(39)29-19-14-16-25-15-9-10-17-27(25)29/h9-10,14-17,19,23H,2-8,11-13,18,20-21,24H2,1H3. The van der Waals surface area contributed by atoms with Crippen molar-refractivity contribution in [1.82, 2.24) is 15.0 Å². The molecule has 208 valence electrons. The molecule has 6 nitrogen and oxygen atoms in total. The number of hydrogen-bond acceptors (Lipinski definition) is 5. The maximum Gasteiger partial charge on any atom is 0.259 e. The highest BCUT2D eigenvalue weighted by atomic mass is 32.1. The number of carbonyl (C=O) groups is 1. The van der Waals surface area contributed by atoms with E-state index < -0.39 is 0 Å². The number of fused-ring (bicyclic) bond motifs is 2. The van der Waals surface area contributed by atoms with Crippen molar-refractivity contribution in [2.75, 3.05) is 4.90 Å². The molecule has 7 heteroatoms. The SMILES string of the molecule is CCCCCCCCCCn1cc(CN(C(=O)c2cccc3ccccc23)c2sc3c(c2C#N)CCCC3)nn1. The van der Waals surface area contributed by atoms with Crippen LogP contribution in [0.15, 0.2) is 48.7 Å². The Hall–Kier alpha value is -3.50. The van der Waals surface area contributed by atoms with Crippen LogP contribution in [0.3, 0.4) is 0 Å². The molecule has 5 rings (SSSR count). The Kier molecular flexibility index (Phi) is 9.62. The van der Waals surface area contributed by atoms with E-state index in [9.17, 15) is 10.1 Å². The second-order valence-electron chi connectivity index (χ2n) is 10.9. The zero-order valence-corrected chi connectivity index (χ0v) is 24.4. The number of rotatable bonds is 13. The average Bonchev–Trinajstić information content (AvgIpc) is 3.60. The molecule has 2 aromatic carbocycles. The highest BCUT2D eigenvalue weighted by Crippen LogP contribution is 2.41. The van der Waals surface area contributed by atoms with E-state index in [0.29, 0.717) is 11.1 Å². The molecule has 2 aromatic heterocycles. The van der Waals surface area contributed by atoms with Gasteiger partial charge in [0.15, 0.2) is 0 Å². The number of aryl methyl sites for hydroxylation is 2. The highest BCUT2D eigenvalue weighted by Gasteiger charge is 2.29. The lowest BCUT2D eigenvalue weighted by Gasteiger charge is -2.21. The number of benzene rings is 2. The molecular weight excluding hydrogens is 514 g/mol. The zero-order valence-electron chi connectivity index (χ0n) is 23.6. The van der Waals surface area contributed by atoms with Gasteiger partial charge in [-0.2, -0.15) is 5.26 Å². The third kappa shape index (κ3) is 6.45. The number of anilines is 1. The van der Waals surface area contributed by atoms with Crippen LogP contribution in [0, 0.1) is 11.3 Å². The number of hydrogen-bond donors (Lipinski definition) is 0. The summed E-state index contributed by atoms with van der Waals surface area (Å²) in [5.41, 5.74) is 3.16. The van der Waals surface area contributed by atoms with E-state index in [1.54, 1.807) is 16.2 Å². The van der Waals surface area contributed by atoms with Gasteiger partial charge in [-0.3, -0.25) is 14.4 Å². The topological polar surface area (TPSA) is 74.8 Å². The van der Waals surface area contributed by atoms with Gasteiger partial charge in [0.1, 0.15) is 16.8 Å². The van der Waals surface area contributed by atoms with Crippen LogP contribution in [0.1, 0.15) is 103 Å². The van der Waals surface area contributed by atoms with Crippen LogP contribution in [-0.2, 0) is 25.9 Å². The molecule has 0 saturated heterocycles. The number of thiophene rings is 1. The quantitative estimate of drug-likeness (QED) is 0.156. The highest BCUT2D eigenvalue weighted by molar-refractivity contribution is 7.16. The Morgan fingerprint density at radius 3 is 2.58 bits per heavy atom. The van der Waals surface area contributed by atoms with Crippen LogP contribution >= 0.6 is 11.3 Å². The summed E-state index contributed by atoms with van der Waals surface area (Å²) < 4.78 is 1.90. The molecule has 0 spiro atoms. The Morgan fingerprint density at radius 2 is 1.75 bits per heavy atom. The van der Waals surface area contributed by atoms with Crippen molar-refractivity contribution in [3.63, 3.8) is 0 Å². The predicted molar refractivity (Wildman–Crippen MR) is 163 cm³/mol. The van der Waals surface area contributed by atoms with E-state index in [4.69, 9.17) is 0 Å². The second-order valence-corrected chi connectivity index (χ2v) is 12.0. The summed E-state index contributed by atoms with van der Waals surface area (Å²) >= 11 is 1.60. The Morgan fingerprint density at radius 1 is 1.00 bits per heavy atom. The minimum Gasteiger partial charge on any atom is -0.292 e. The number of nitriles is 1. The molecule has 4 aromatic rings. The molecule has 0 unspecified atom stereocenters. The molecule has 0 atom stereocenters. The Labute approximate surface area is 241 Å². The Balaban J connectivity index is 1.36. The summed E-state index contributed by atoms with van der Waals surface area (Å²) in [6, 6.07) is 16.3. The first-order chi connectivity index (χ1) is 19.7. The van der Waals surface area contributed by atoms with Gasteiger partial charge in [-0.25, -0.2) is 0 Å². The van der Waals surface area contributed by atoms with Crippen molar-refractivity contribution in [3.05, 3.63) is 75.9 Å². The van der Waals surface area contributed by atoms with Gasteiger partial charge in [-0.1, -0.05) is 93.5 Å². The van der Waals surface area contributed by atoms with Crippen LogP contribution in [0.4, 0.5) is 5.00 Å². The third-order valence-electron chi connectivity index (χ3n) is 7.92. The van der Waals surface area contributed by atoms with Crippen molar-refractivity contribution in [2.45, 2.75) is 97.1 Å². The molecule has 0 radical (unpaired) electrons. The minimum absolute atomic E-state index is 0.107. The van der Waals surface area contributed by atoms with E-state index in [1.165, 1.54) is 49.8 Å². The predicted octanol–water partition coefficient (Wildman–Crippen LogP) is 8.23. The van der Waals surface area contributed by atoms with E-state index in [2.05, 4.69) is 23.3 Å². The molecule has 0 aliphatic heterocycles. The molecule has 0 bridgehead atoms. The summed E-state index contributed by atoms with van der Waals surface area (Å²) in [6.07, 6.45) is 16.2. The lowest BCUT2D eigenvalue weighted by Crippen LogP contribution is -2.30. The van der Waals surface area contributed by atoms with Gasteiger partial charge < -0.3 is 0 Å². The van der Waals surface area contributed by atoms with Crippen LogP contribution in [0.5, 0.6) is 0 Å². The summed E-state index contributed by atoms with van der Waals surface area (Å²) in [7, 11) is 0. The molecule has 1 amide bonds. The summed E-state index contributed by atoms with van der Waals surface area (Å²) in [6.45, 7) is 3.37. The summed E-state index contributed by atoms with van der Waals surface area (Å²) in [4.78, 5) is 17.3. The fourth-order valence-corrected chi connectivity index (χ4v) is 7.08. The van der Waals surface area contributed by atoms with E-state index >= 15 is 0 Å². The molecule has 2 heterocycles. The Bertz CT molecular complexity index is 1470. The van der Waals surface area contributed by atoms with Crippen molar-refractivity contribution >= 4 is 33.0 Å². The maximum absolute atomic E-state index is 14.3. The van der Waals surface area contributed by atoms with Gasteiger partial charge in [-0.05, 0) is 54.5 Å². The van der Waals surface area contributed by atoms with Crippen molar-refractivity contribution in [3.8, 4) is 6.07 Å². The lowest BCUT2D eigenvalue weighted by molar-refractivity contribution is 0.0987. The van der Waals surface area contributed by atoms with Crippen molar-refractivity contribution < 1.29 is 4.79 Å². The number of unbranched alkanes of at least 4 members (excludes halogenated alkanes) is 7. The molecule has 0 saturated carbocycles. The summed E-state index contributed by atoms with van der Waals surface area (Å²) in [5, 5.41) is 21.7. The molecule has 1 aliphatic carbocycles. The second kappa shape index (κ2) is 13.7. The zero-order chi connectivity index (χ0) is 27.7. The van der Waals surface area contributed by atoms with Gasteiger partial charge in [0, 0.05) is 17.0 Å². The van der Waals surface area contributed by atoms with Gasteiger partial charge in [0.25, 0.3) is 5.91 Å². The summed E-state index contributed by atoms with van der Waals surface area (Å²) in [5.74, 6) is -0.107. The smallest absolute Gasteiger partial charge is 0.259 e. The molecular formula is C33H39N5OS.